The van der Waals surface area contributed by atoms with Crippen LogP contribution in [0.2, 0.25) is 0 Å². The molecule has 0 saturated heterocycles. The molecule has 1 fully saturated rings. The van der Waals surface area contributed by atoms with Crippen molar-refractivity contribution >= 4 is 9.84 Å². The first-order valence-corrected chi connectivity index (χ1v) is 8.50. The number of hydrogen-bond acceptors (Lipinski definition) is 2. The van der Waals surface area contributed by atoms with Crippen molar-refractivity contribution in [2.75, 3.05) is 0 Å². The van der Waals surface area contributed by atoms with Crippen molar-refractivity contribution in [3.8, 4) is 0 Å². The molecule has 1 saturated carbocycles. The topological polar surface area (TPSA) is 34.1 Å². The highest BCUT2D eigenvalue weighted by molar-refractivity contribution is 7.92. The second kappa shape index (κ2) is 5.87. The van der Waals surface area contributed by atoms with E-state index in [0.29, 0.717) is 10.8 Å². The molecule has 3 heteroatoms. The van der Waals surface area contributed by atoms with E-state index in [9.17, 15) is 8.42 Å². The fourth-order valence-corrected chi connectivity index (χ4v) is 4.55. The number of benzene rings is 1. The first-order chi connectivity index (χ1) is 8.66. The van der Waals surface area contributed by atoms with E-state index in [0.717, 1.165) is 12.8 Å². The molecule has 0 aromatic heterocycles. The molecule has 2 atom stereocenters. The highest BCUT2D eigenvalue weighted by atomic mass is 32.2. The Labute approximate surface area is 110 Å². The van der Waals surface area contributed by atoms with Crippen LogP contribution in [0.15, 0.2) is 35.2 Å². The lowest BCUT2D eigenvalue weighted by Crippen LogP contribution is -2.09. The van der Waals surface area contributed by atoms with E-state index in [-0.39, 0.29) is 5.25 Å². The highest BCUT2D eigenvalue weighted by Crippen LogP contribution is 2.43. The number of sulfone groups is 1. The Morgan fingerprint density at radius 1 is 1.11 bits per heavy atom. The molecular weight excluding hydrogens is 244 g/mol. The lowest BCUT2D eigenvalue weighted by molar-refractivity contribution is 0.576. The fourth-order valence-electron chi connectivity index (χ4n) is 2.52. The van der Waals surface area contributed by atoms with E-state index < -0.39 is 9.84 Å². The molecule has 0 amide bonds. The summed E-state index contributed by atoms with van der Waals surface area (Å²) in [7, 11) is -3.06. The van der Waals surface area contributed by atoms with Gasteiger partial charge in [-0.15, -0.1) is 0 Å². The van der Waals surface area contributed by atoms with Gasteiger partial charge in [0.2, 0.25) is 0 Å². The van der Waals surface area contributed by atoms with E-state index in [1.165, 1.54) is 25.7 Å². The molecule has 18 heavy (non-hydrogen) atoms. The molecule has 100 valence electrons. The first kappa shape index (κ1) is 13.6. The second-order valence-electron chi connectivity index (χ2n) is 5.24. The molecular formula is C15H22O2S. The molecule has 0 bridgehead atoms. The van der Waals surface area contributed by atoms with Gasteiger partial charge in [0.05, 0.1) is 10.1 Å². The van der Waals surface area contributed by atoms with Crippen LogP contribution in [0.5, 0.6) is 0 Å². The standard InChI is InChI=1S/C15H22O2S/c1-2-3-4-6-9-13-12-15(13)18(16,17)14-10-7-5-8-11-14/h5,7-8,10-11,13,15H,2-4,6,9,12H2,1H3/t13-,15-/m0/s1. The maximum absolute atomic E-state index is 12.3. The van der Waals surface area contributed by atoms with E-state index in [1.54, 1.807) is 24.3 Å². The van der Waals surface area contributed by atoms with E-state index in [2.05, 4.69) is 6.92 Å². The SMILES string of the molecule is CCCCCC[C@H]1C[C@@H]1S(=O)(=O)c1ccccc1. The minimum atomic E-state index is -3.06. The third-order valence-electron chi connectivity index (χ3n) is 3.76. The average molecular weight is 266 g/mol. The quantitative estimate of drug-likeness (QED) is 0.703. The summed E-state index contributed by atoms with van der Waals surface area (Å²) in [5, 5.41) is -0.110. The Hall–Kier alpha value is -0.830. The Kier molecular flexibility index (Phi) is 4.44. The zero-order valence-corrected chi connectivity index (χ0v) is 11.8. The normalized spacial score (nSPS) is 22.9. The third kappa shape index (κ3) is 3.14. The van der Waals surface area contributed by atoms with Crippen molar-refractivity contribution in [1.29, 1.82) is 0 Å². The van der Waals surface area contributed by atoms with Crippen molar-refractivity contribution < 1.29 is 8.42 Å². The average Bonchev–Trinajstić information content (AvgIpc) is 3.16. The molecule has 2 rings (SSSR count). The zero-order valence-electron chi connectivity index (χ0n) is 11.0. The molecule has 0 unspecified atom stereocenters. The highest BCUT2D eigenvalue weighted by Gasteiger charge is 2.46. The van der Waals surface area contributed by atoms with Crippen LogP contribution in [0.1, 0.15) is 45.4 Å². The van der Waals surface area contributed by atoms with Crippen LogP contribution in [0.4, 0.5) is 0 Å². The summed E-state index contributed by atoms with van der Waals surface area (Å²) >= 11 is 0. The van der Waals surface area contributed by atoms with Crippen LogP contribution in [0.25, 0.3) is 0 Å². The molecule has 0 N–H and O–H groups in total. The molecule has 0 spiro atoms. The lowest BCUT2D eigenvalue weighted by Gasteiger charge is -2.03. The largest absolute Gasteiger partial charge is 0.223 e. The van der Waals surface area contributed by atoms with Gasteiger partial charge < -0.3 is 0 Å². The second-order valence-corrected chi connectivity index (χ2v) is 7.41. The Morgan fingerprint density at radius 2 is 1.83 bits per heavy atom. The van der Waals surface area contributed by atoms with Gasteiger partial charge in [-0.25, -0.2) is 8.42 Å². The Bertz CT molecular complexity index is 465. The smallest absolute Gasteiger partial charge is 0.181 e. The van der Waals surface area contributed by atoms with Gasteiger partial charge >= 0.3 is 0 Å². The number of rotatable bonds is 7. The molecule has 1 aromatic carbocycles. The summed E-state index contributed by atoms with van der Waals surface area (Å²) in [5.74, 6) is 0.409. The van der Waals surface area contributed by atoms with Crippen LogP contribution in [0, 0.1) is 5.92 Å². The van der Waals surface area contributed by atoms with Crippen LogP contribution < -0.4 is 0 Å². The lowest BCUT2D eigenvalue weighted by atomic mass is 10.1. The van der Waals surface area contributed by atoms with Gasteiger partial charge in [0, 0.05) is 0 Å². The first-order valence-electron chi connectivity index (χ1n) is 6.95. The van der Waals surface area contributed by atoms with Crippen molar-refractivity contribution in [1.82, 2.24) is 0 Å². The van der Waals surface area contributed by atoms with Crippen LogP contribution in [0.3, 0.4) is 0 Å². The Morgan fingerprint density at radius 3 is 2.50 bits per heavy atom. The van der Waals surface area contributed by atoms with Gasteiger partial charge in [-0.05, 0) is 30.9 Å². The fraction of sp³-hybridized carbons (Fsp3) is 0.600. The van der Waals surface area contributed by atoms with E-state index in [4.69, 9.17) is 0 Å². The summed E-state index contributed by atoms with van der Waals surface area (Å²) in [4.78, 5) is 0.492. The van der Waals surface area contributed by atoms with Gasteiger partial charge in [-0.1, -0.05) is 50.8 Å². The maximum atomic E-state index is 12.3. The van der Waals surface area contributed by atoms with Crippen LogP contribution in [-0.2, 0) is 9.84 Å². The molecule has 1 aromatic rings. The predicted octanol–water partition coefficient (Wildman–Crippen LogP) is 3.82. The Balaban J connectivity index is 1.87. The number of hydrogen-bond donors (Lipinski definition) is 0. The molecule has 1 aliphatic rings. The van der Waals surface area contributed by atoms with Gasteiger partial charge in [-0.2, -0.15) is 0 Å². The third-order valence-corrected chi connectivity index (χ3v) is 6.06. The van der Waals surface area contributed by atoms with Crippen molar-refractivity contribution in [2.24, 2.45) is 5.92 Å². The van der Waals surface area contributed by atoms with Gasteiger partial charge in [0.1, 0.15) is 0 Å². The summed E-state index contributed by atoms with van der Waals surface area (Å²) in [6.07, 6.45) is 6.86. The molecule has 0 aliphatic heterocycles. The minimum Gasteiger partial charge on any atom is -0.223 e. The van der Waals surface area contributed by atoms with E-state index in [1.807, 2.05) is 6.07 Å². The molecule has 0 radical (unpaired) electrons. The van der Waals surface area contributed by atoms with Gasteiger partial charge in [-0.3, -0.25) is 0 Å². The zero-order chi connectivity index (χ0) is 13.0. The van der Waals surface area contributed by atoms with Gasteiger partial charge in [0.25, 0.3) is 0 Å². The van der Waals surface area contributed by atoms with Crippen LogP contribution in [-0.4, -0.2) is 13.7 Å². The molecule has 0 heterocycles. The monoisotopic (exact) mass is 266 g/mol. The molecule has 2 nitrogen and oxygen atoms in total. The number of unbranched alkanes of at least 4 members (excludes halogenated alkanes) is 3. The molecule has 1 aliphatic carbocycles. The van der Waals surface area contributed by atoms with Crippen LogP contribution >= 0.6 is 0 Å². The summed E-state index contributed by atoms with van der Waals surface area (Å²) in [5.41, 5.74) is 0. The van der Waals surface area contributed by atoms with Crippen molar-refractivity contribution in [3.05, 3.63) is 30.3 Å². The summed E-state index contributed by atoms with van der Waals surface area (Å²) in [6.45, 7) is 2.19. The van der Waals surface area contributed by atoms with Crippen molar-refractivity contribution in [2.45, 2.75) is 55.6 Å². The maximum Gasteiger partial charge on any atom is 0.181 e. The van der Waals surface area contributed by atoms with E-state index >= 15 is 0 Å². The summed E-state index contributed by atoms with van der Waals surface area (Å²) < 4.78 is 24.6. The predicted molar refractivity (Wildman–Crippen MR) is 74.3 cm³/mol. The minimum absolute atomic E-state index is 0.110. The van der Waals surface area contributed by atoms with Gasteiger partial charge in [0.15, 0.2) is 9.84 Å². The van der Waals surface area contributed by atoms with Crippen molar-refractivity contribution in [3.63, 3.8) is 0 Å². The summed E-state index contributed by atoms with van der Waals surface area (Å²) in [6, 6.07) is 8.87.